The number of sulfonamides is 1. The van der Waals surface area contributed by atoms with Crippen molar-refractivity contribution in [3.8, 4) is 0 Å². The zero-order valence-electron chi connectivity index (χ0n) is 16.0. The molecule has 0 spiro atoms. The zero-order valence-corrected chi connectivity index (χ0v) is 18.3. The molecular weight excluding hydrogens is 464 g/mol. The number of nitrogens with one attached hydrogen (secondary N) is 1. The summed E-state index contributed by atoms with van der Waals surface area (Å²) in [6.45, 7) is 1.42. The molecular formula is C19H19Cl2F3N2O3S. The highest BCUT2D eigenvalue weighted by Crippen LogP contribution is 2.31. The van der Waals surface area contributed by atoms with Crippen LogP contribution in [0.4, 0.5) is 18.9 Å². The van der Waals surface area contributed by atoms with Gasteiger partial charge in [0, 0.05) is 6.54 Å². The topological polar surface area (TPSA) is 66.5 Å². The van der Waals surface area contributed by atoms with E-state index >= 15 is 0 Å². The second-order valence-electron chi connectivity index (χ2n) is 6.50. The Morgan fingerprint density at radius 3 is 2.33 bits per heavy atom. The minimum absolute atomic E-state index is 0.113. The van der Waals surface area contributed by atoms with Gasteiger partial charge in [-0.1, -0.05) is 42.3 Å². The van der Waals surface area contributed by atoms with E-state index in [0.29, 0.717) is 0 Å². The Morgan fingerprint density at radius 2 is 1.80 bits per heavy atom. The van der Waals surface area contributed by atoms with E-state index in [9.17, 15) is 26.4 Å². The lowest BCUT2D eigenvalue weighted by Gasteiger charge is -2.30. The van der Waals surface area contributed by atoms with Gasteiger partial charge < -0.3 is 5.32 Å². The molecule has 2 aromatic carbocycles. The molecule has 1 amide bonds. The molecule has 1 N–H and O–H groups in total. The Balaban J connectivity index is 2.27. The summed E-state index contributed by atoms with van der Waals surface area (Å²) >= 11 is 11.9. The molecule has 2 rings (SSSR count). The fourth-order valence-corrected chi connectivity index (χ4v) is 4.34. The van der Waals surface area contributed by atoms with Crippen molar-refractivity contribution < 1.29 is 26.4 Å². The van der Waals surface area contributed by atoms with Crippen molar-refractivity contribution in [2.45, 2.75) is 32.1 Å². The van der Waals surface area contributed by atoms with Crippen molar-refractivity contribution in [2.75, 3.05) is 10.6 Å². The smallest absolute Gasteiger partial charge is 0.350 e. The van der Waals surface area contributed by atoms with E-state index in [2.05, 4.69) is 5.32 Å². The second kappa shape index (κ2) is 9.45. The lowest BCUT2D eigenvalue weighted by Crippen LogP contribution is -2.49. The molecule has 0 aliphatic rings. The average Bonchev–Trinajstić information content (AvgIpc) is 2.65. The fraction of sp³-hybridized carbons (Fsp3) is 0.316. The highest BCUT2D eigenvalue weighted by molar-refractivity contribution is 7.92. The summed E-state index contributed by atoms with van der Waals surface area (Å²) in [4.78, 5) is 12.7. The van der Waals surface area contributed by atoms with Gasteiger partial charge >= 0.3 is 6.18 Å². The second-order valence-corrected chi connectivity index (χ2v) is 9.17. The Morgan fingerprint density at radius 1 is 1.13 bits per heavy atom. The first-order chi connectivity index (χ1) is 13.8. The number of benzene rings is 2. The lowest BCUT2D eigenvalue weighted by molar-refractivity contribution is -0.137. The van der Waals surface area contributed by atoms with E-state index in [1.165, 1.54) is 30.3 Å². The molecule has 1 atom stereocenters. The van der Waals surface area contributed by atoms with E-state index in [0.717, 1.165) is 22.7 Å². The van der Waals surface area contributed by atoms with Crippen LogP contribution < -0.4 is 9.62 Å². The number of hydrogen-bond donors (Lipinski definition) is 1. The predicted octanol–water partition coefficient (Wildman–Crippen LogP) is 4.87. The Labute approximate surface area is 182 Å². The molecule has 5 nitrogen and oxygen atoms in total. The SMILES string of the molecule is CC[C@@H](C(=O)NCc1cccc(C(F)(F)F)c1)N(c1ccc(Cl)c(Cl)c1)S(C)(=O)=O. The molecule has 0 saturated heterocycles. The molecule has 0 fully saturated rings. The van der Waals surface area contributed by atoms with Gasteiger partial charge in [-0.2, -0.15) is 13.2 Å². The van der Waals surface area contributed by atoms with Crippen LogP contribution in [-0.4, -0.2) is 26.6 Å². The van der Waals surface area contributed by atoms with Crippen molar-refractivity contribution >= 4 is 44.8 Å². The van der Waals surface area contributed by atoms with E-state index in [1.54, 1.807) is 6.92 Å². The number of anilines is 1. The third-order valence-corrected chi connectivity index (χ3v) is 6.13. The molecule has 0 radical (unpaired) electrons. The van der Waals surface area contributed by atoms with Gasteiger partial charge in [0.15, 0.2) is 0 Å². The molecule has 0 aromatic heterocycles. The summed E-state index contributed by atoms with van der Waals surface area (Å²) in [5.41, 5.74) is -0.462. The molecule has 2 aromatic rings. The Kier molecular flexibility index (Phi) is 7.65. The van der Waals surface area contributed by atoms with Gasteiger partial charge in [-0.15, -0.1) is 0 Å². The van der Waals surface area contributed by atoms with Crippen LogP contribution in [0, 0.1) is 0 Å². The first kappa shape index (κ1) is 24.3. The summed E-state index contributed by atoms with van der Waals surface area (Å²) in [5, 5.41) is 2.84. The van der Waals surface area contributed by atoms with Crippen molar-refractivity contribution in [1.82, 2.24) is 5.32 Å². The van der Waals surface area contributed by atoms with E-state index in [1.807, 2.05) is 0 Å². The fourth-order valence-electron chi connectivity index (χ4n) is 2.85. The summed E-state index contributed by atoms with van der Waals surface area (Å²) in [6.07, 6.45) is -3.45. The zero-order chi connectivity index (χ0) is 22.7. The van der Waals surface area contributed by atoms with Crippen LogP contribution in [0.25, 0.3) is 0 Å². The van der Waals surface area contributed by atoms with Crippen molar-refractivity contribution in [1.29, 1.82) is 0 Å². The minimum Gasteiger partial charge on any atom is -0.350 e. The standard InChI is InChI=1S/C19H19Cl2F3N2O3S/c1-3-17(26(30(2,28)29)14-7-8-15(20)16(21)10-14)18(27)25-11-12-5-4-6-13(9-12)19(22,23)24/h4-10,17H,3,11H2,1-2H3,(H,25,27)/t17-/m0/s1. The van der Waals surface area contributed by atoms with Gasteiger partial charge in [0.2, 0.25) is 15.9 Å². The summed E-state index contributed by atoms with van der Waals surface area (Å²) in [5.74, 6) is -0.661. The van der Waals surface area contributed by atoms with Crippen LogP contribution in [-0.2, 0) is 27.5 Å². The predicted molar refractivity (Wildman–Crippen MR) is 111 cm³/mol. The van der Waals surface area contributed by atoms with Gasteiger partial charge in [0.25, 0.3) is 0 Å². The van der Waals surface area contributed by atoms with Gasteiger partial charge in [0.1, 0.15) is 6.04 Å². The van der Waals surface area contributed by atoms with Crippen molar-refractivity contribution in [3.05, 3.63) is 63.6 Å². The first-order valence-electron chi connectivity index (χ1n) is 8.73. The quantitative estimate of drug-likeness (QED) is 0.611. The van der Waals surface area contributed by atoms with Crippen LogP contribution in [0.3, 0.4) is 0 Å². The van der Waals surface area contributed by atoms with Crippen LogP contribution in [0.15, 0.2) is 42.5 Å². The van der Waals surface area contributed by atoms with Gasteiger partial charge in [-0.3, -0.25) is 9.10 Å². The maximum absolute atomic E-state index is 12.9. The molecule has 0 aliphatic carbocycles. The highest BCUT2D eigenvalue weighted by Gasteiger charge is 2.32. The average molecular weight is 483 g/mol. The molecule has 11 heteroatoms. The molecule has 0 aliphatic heterocycles. The van der Waals surface area contributed by atoms with Gasteiger partial charge in [-0.05, 0) is 42.3 Å². The van der Waals surface area contributed by atoms with Crippen LogP contribution in [0.1, 0.15) is 24.5 Å². The van der Waals surface area contributed by atoms with Crippen molar-refractivity contribution in [2.24, 2.45) is 0 Å². The molecule has 0 unspecified atom stereocenters. The van der Waals surface area contributed by atoms with Crippen LogP contribution in [0.5, 0.6) is 0 Å². The van der Waals surface area contributed by atoms with Crippen LogP contribution >= 0.6 is 23.2 Å². The molecule has 0 saturated carbocycles. The maximum Gasteiger partial charge on any atom is 0.416 e. The lowest BCUT2D eigenvalue weighted by atomic mass is 10.1. The van der Waals surface area contributed by atoms with E-state index in [4.69, 9.17) is 23.2 Å². The van der Waals surface area contributed by atoms with Crippen molar-refractivity contribution in [3.63, 3.8) is 0 Å². The third kappa shape index (κ3) is 6.02. The molecule has 0 heterocycles. The largest absolute Gasteiger partial charge is 0.416 e. The Hall–Kier alpha value is -1.97. The number of hydrogen-bond acceptors (Lipinski definition) is 3. The van der Waals surface area contributed by atoms with Crippen LogP contribution in [0.2, 0.25) is 10.0 Å². The van der Waals surface area contributed by atoms with E-state index < -0.39 is 33.7 Å². The molecule has 164 valence electrons. The molecule has 30 heavy (non-hydrogen) atoms. The minimum atomic E-state index is -4.51. The number of carbonyl (C=O) groups is 1. The Bertz CT molecular complexity index is 1030. The monoisotopic (exact) mass is 482 g/mol. The third-order valence-electron chi connectivity index (χ3n) is 4.21. The number of alkyl halides is 3. The number of nitrogens with zero attached hydrogens (tertiary/aromatic N) is 1. The van der Waals surface area contributed by atoms with Gasteiger partial charge in [0.05, 0.1) is 27.6 Å². The van der Waals surface area contributed by atoms with Gasteiger partial charge in [-0.25, -0.2) is 8.42 Å². The maximum atomic E-state index is 12.9. The highest BCUT2D eigenvalue weighted by atomic mass is 35.5. The normalized spacial score (nSPS) is 13.0. The first-order valence-corrected chi connectivity index (χ1v) is 11.3. The number of amides is 1. The number of halogens is 5. The summed E-state index contributed by atoms with van der Waals surface area (Å²) < 4.78 is 64.3. The van der Waals surface area contributed by atoms with E-state index in [-0.39, 0.29) is 34.3 Å². The molecule has 0 bridgehead atoms. The number of rotatable bonds is 7. The summed E-state index contributed by atoms with van der Waals surface area (Å²) in [6, 6.07) is 7.54. The number of carbonyl (C=O) groups excluding carboxylic acids is 1. The summed E-state index contributed by atoms with van der Waals surface area (Å²) in [7, 11) is -3.89.